The van der Waals surface area contributed by atoms with E-state index in [1.165, 1.54) is 0 Å². The minimum atomic E-state index is -1.11. The van der Waals surface area contributed by atoms with Crippen LogP contribution < -0.4 is 17.4 Å². The summed E-state index contributed by atoms with van der Waals surface area (Å²) in [6.45, 7) is 0. The van der Waals surface area contributed by atoms with Crippen molar-refractivity contribution >= 4 is 11.9 Å². The van der Waals surface area contributed by atoms with Crippen LogP contribution in [0.25, 0.3) is 0 Å². The minimum Gasteiger partial charge on any atom is -0.480 e. The maximum absolute atomic E-state index is 10.1. The molecule has 0 aromatic carbocycles. The number of primary amides is 1. The second-order valence-corrected chi connectivity index (χ2v) is 1.95. The minimum absolute atomic E-state index is 0.0213. The van der Waals surface area contributed by atoms with Gasteiger partial charge in [0.25, 0.3) is 0 Å². The molecule has 0 rings (SSSR count). The number of aliphatic carboxylic acids is 1. The number of hydrogen-bond donors (Lipinski definition) is 5. The molecule has 0 heterocycles. The van der Waals surface area contributed by atoms with E-state index < -0.39 is 17.9 Å². The van der Waals surface area contributed by atoms with Gasteiger partial charge in [0.15, 0.2) is 0 Å². The first kappa shape index (κ1) is 13.4. The van der Waals surface area contributed by atoms with Gasteiger partial charge in [-0.05, 0) is 6.42 Å². The van der Waals surface area contributed by atoms with Gasteiger partial charge in [0.2, 0.25) is 5.91 Å². The molecule has 7 heteroatoms. The quantitative estimate of drug-likeness (QED) is 0.314. The summed E-state index contributed by atoms with van der Waals surface area (Å²) in [5.74, 6) is 1.86. The van der Waals surface area contributed by atoms with E-state index in [4.69, 9.17) is 21.8 Å². The van der Waals surface area contributed by atoms with E-state index in [1.54, 1.807) is 0 Å². The third-order valence-electron chi connectivity index (χ3n) is 1.02. The molecular weight excluding hydrogens is 166 g/mol. The molecule has 72 valence electrons. The Bertz CT molecular complexity index is 150. The topological polar surface area (TPSA) is 153 Å². The van der Waals surface area contributed by atoms with E-state index in [9.17, 15) is 9.59 Å². The smallest absolute Gasteiger partial charge is 0.320 e. The Morgan fingerprint density at radius 2 is 1.75 bits per heavy atom. The van der Waals surface area contributed by atoms with E-state index in [0.29, 0.717) is 0 Å². The molecule has 0 unspecified atom stereocenters. The van der Waals surface area contributed by atoms with Crippen LogP contribution in [0, 0.1) is 0 Å². The van der Waals surface area contributed by atoms with Crippen LogP contribution in [0.2, 0.25) is 0 Å². The molecule has 0 saturated heterocycles. The molecule has 12 heavy (non-hydrogen) atoms. The summed E-state index contributed by atoms with van der Waals surface area (Å²) in [5, 5.41) is 14.7. The van der Waals surface area contributed by atoms with Gasteiger partial charge in [0.1, 0.15) is 6.04 Å². The summed E-state index contributed by atoms with van der Waals surface area (Å²) in [6.07, 6.45) is 0.123. The first-order valence-corrected chi connectivity index (χ1v) is 3.06. The lowest BCUT2D eigenvalue weighted by molar-refractivity contribution is -0.138. The monoisotopic (exact) mass is 179 g/mol. The van der Waals surface area contributed by atoms with Crippen LogP contribution in [0.3, 0.4) is 0 Å². The van der Waals surface area contributed by atoms with Crippen molar-refractivity contribution in [1.29, 1.82) is 0 Å². The third-order valence-corrected chi connectivity index (χ3v) is 1.02. The highest BCUT2D eigenvalue weighted by atomic mass is 16.4. The molecule has 0 aliphatic heterocycles. The molecule has 0 radical (unpaired) electrons. The van der Waals surface area contributed by atoms with E-state index in [-0.39, 0.29) is 12.8 Å². The van der Waals surface area contributed by atoms with Crippen molar-refractivity contribution in [2.75, 3.05) is 0 Å². The van der Waals surface area contributed by atoms with Crippen LogP contribution in [0.5, 0.6) is 0 Å². The Labute approximate surface area is 69.1 Å². The lowest BCUT2D eigenvalue weighted by atomic mass is 10.2. The number of amides is 1. The Morgan fingerprint density at radius 1 is 1.33 bits per heavy atom. The predicted molar refractivity (Wildman–Crippen MR) is 40.0 cm³/mol. The summed E-state index contributed by atoms with van der Waals surface area (Å²) >= 11 is 0. The number of nitrogens with two attached hydrogens (primary N) is 3. The summed E-state index contributed by atoms with van der Waals surface area (Å²) in [7, 11) is 0. The highest BCUT2D eigenvalue weighted by Gasteiger charge is 2.11. The van der Waals surface area contributed by atoms with E-state index in [0.717, 1.165) is 0 Å². The van der Waals surface area contributed by atoms with Crippen LogP contribution in [-0.2, 0) is 9.59 Å². The average molecular weight is 179 g/mol. The fourth-order valence-corrected chi connectivity index (χ4v) is 0.421. The highest BCUT2D eigenvalue weighted by Crippen LogP contribution is 1.92. The molecule has 0 spiro atoms. The molecule has 0 fully saturated rings. The number of hydrogen-bond acceptors (Lipinski definition) is 5. The number of carbonyl (C=O) groups is 2. The molecular formula is C5H13N3O4. The van der Waals surface area contributed by atoms with E-state index in [2.05, 4.69) is 5.90 Å². The normalized spacial score (nSPS) is 10.9. The largest absolute Gasteiger partial charge is 0.480 e. The van der Waals surface area contributed by atoms with Crippen LogP contribution in [-0.4, -0.2) is 28.2 Å². The van der Waals surface area contributed by atoms with E-state index >= 15 is 0 Å². The molecule has 0 saturated carbocycles. The second-order valence-electron chi connectivity index (χ2n) is 1.95. The average Bonchev–Trinajstić information content (AvgIpc) is 2.03. The van der Waals surface area contributed by atoms with Crippen molar-refractivity contribution in [1.82, 2.24) is 0 Å². The second kappa shape index (κ2) is 7.92. The molecule has 7 nitrogen and oxygen atoms in total. The first-order valence-electron chi connectivity index (χ1n) is 3.06. The van der Waals surface area contributed by atoms with Crippen LogP contribution in [0.4, 0.5) is 0 Å². The third kappa shape index (κ3) is 8.82. The highest BCUT2D eigenvalue weighted by molar-refractivity contribution is 5.76. The molecule has 1 amide bonds. The fraction of sp³-hybridized carbons (Fsp3) is 0.600. The summed E-state index contributed by atoms with van der Waals surface area (Å²) in [4.78, 5) is 20.1. The number of carboxylic acids is 1. The molecule has 8 N–H and O–H groups in total. The molecule has 0 bridgehead atoms. The van der Waals surface area contributed by atoms with Crippen molar-refractivity contribution in [2.45, 2.75) is 18.9 Å². The fourth-order valence-electron chi connectivity index (χ4n) is 0.421. The van der Waals surface area contributed by atoms with Crippen molar-refractivity contribution in [3.63, 3.8) is 0 Å². The lowest BCUT2D eigenvalue weighted by Crippen LogP contribution is -2.31. The van der Waals surface area contributed by atoms with Crippen LogP contribution >= 0.6 is 0 Å². The zero-order chi connectivity index (χ0) is 10.1. The van der Waals surface area contributed by atoms with Gasteiger partial charge >= 0.3 is 5.97 Å². The Balaban J connectivity index is 0. The van der Waals surface area contributed by atoms with Gasteiger partial charge in [-0.3, -0.25) is 9.59 Å². The standard InChI is InChI=1S/C5H10N2O3.H3NO/c6-3(5(9)10)1-2-4(7)8;1-2/h3H,1-2,6H2,(H2,7,8)(H,9,10);2H,1H2/t3-;/m0./s1. The summed E-state index contributed by atoms with van der Waals surface area (Å²) in [5.41, 5.74) is 9.81. The molecule has 0 aliphatic rings. The van der Waals surface area contributed by atoms with Crippen molar-refractivity contribution in [3.05, 3.63) is 0 Å². The zero-order valence-corrected chi connectivity index (χ0v) is 6.43. The van der Waals surface area contributed by atoms with Crippen molar-refractivity contribution in [2.24, 2.45) is 17.4 Å². The number of carbonyl (C=O) groups excluding carboxylic acids is 1. The van der Waals surface area contributed by atoms with Gasteiger partial charge in [-0.1, -0.05) is 0 Å². The van der Waals surface area contributed by atoms with Crippen molar-refractivity contribution in [3.8, 4) is 0 Å². The van der Waals surface area contributed by atoms with Gasteiger partial charge in [0.05, 0.1) is 0 Å². The first-order chi connectivity index (χ1) is 5.54. The van der Waals surface area contributed by atoms with Gasteiger partial charge in [-0.15, -0.1) is 0 Å². The predicted octanol–water partition coefficient (Wildman–Crippen LogP) is -2.00. The molecule has 0 aromatic rings. The van der Waals surface area contributed by atoms with Gasteiger partial charge in [0, 0.05) is 6.42 Å². The van der Waals surface area contributed by atoms with Gasteiger partial charge in [-0.25, -0.2) is 5.90 Å². The summed E-state index contributed by atoms with van der Waals surface area (Å²) in [6, 6.07) is -0.979. The van der Waals surface area contributed by atoms with E-state index in [1.807, 2.05) is 0 Å². The maximum atomic E-state index is 10.1. The Morgan fingerprint density at radius 3 is 2.00 bits per heavy atom. The summed E-state index contributed by atoms with van der Waals surface area (Å²) < 4.78 is 0. The van der Waals surface area contributed by atoms with Crippen molar-refractivity contribution < 1.29 is 19.9 Å². The van der Waals surface area contributed by atoms with Crippen LogP contribution in [0.1, 0.15) is 12.8 Å². The molecule has 0 aromatic heterocycles. The zero-order valence-electron chi connectivity index (χ0n) is 6.43. The molecule has 0 aliphatic carbocycles. The number of carboxylic acid groups (broad SMARTS) is 1. The SMILES string of the molecule is NC(=O)CC[C@H](N)C(=O)O.NO. The molecule has 1 atom stereocenters. The Kier molecular flexibility index (Phi) is 8.85. The number of rotatable bonds is 4. The lowest BCUT2D eigenvalue weighted by Gasteiger charge is -2.01. The maximum Gasteiger partial charge on any atom is 0.320 e. The van der Waals surface area contributed by atoms with Crippen LogP contribution in [0.15, 0.2) is 0 Å². The van der Waals surface area contributed by atoms with Gasteiger partial charge < -0.3 is 21.8 Å². The Hall–Kier alpha value is -1.18. The van der Waals surface area contributed by atoms with Gasteiger partial charge in [-0.2, -0.15) is 0 Å².